The summed E-state index contributed by atoms with van der Waals surface area (Å²) >= 11 is 0. The predicted octanol–water partition coefficient (Wildman–Crippen LogP) is 0.398. The lowest BCUT2D eigenvalue weighted by atomic mass is 10.1. The Balaban J connectivity index is 1.76. The molecule has 1 saturated heterocycles. The number of nitrogens with one attached hydrogen (secondary N) is 1. The Hall–Kier alpha value is -1.00. The average Bonchev–Trinajstić information content (AvgIpc) is 2.29. The van der Waals surface area contributed by atoms with Crippen LogP contribution in [0, 0.1) is 0 Å². The summed E-state index contributed by atoms with van der Waals surface area (Å²) in [6.07, 6.45) is 5.78. The van der Waals surface area contributed by atoms with Crippen LogP contribution in [0.1, 0.15) is 12.2 Å². The lowest BCUT2D eigenvalue weighted by Crippen LogP contribution is -2.38. The maximum atomic E-state index is 5.58. The second-order valence-electron chi connectivity index (χ2n) is 3.40. The lowest BCUT2D eigenvalue weighted by Gasteiger charge is -2.23. The Bertz CT molecular complexity index is 259. The van der Waals surface area contributed by atoms with Gasteiger partial charge in [0.05, 0.1) is 12.7 Å². The molecule has 1 aromatic heterocycles. The van der Waals surface area contributed by atoms with Gasteiger partial charge in [-0.25, -0.2) is 9.97 Å². The van der Waals surface area contributed by atoms with E-state index in [9.17, 15) is 0 Å². The van der Waals surface area contributed by atoms with Gasteiger partial charge in [0.15, 0.2) is 0 Å². The van der Waals surface area contributed by atoms with Crippen molar-refractivity contribution in [3.63, 3.8) is 0 Å². The van der Waals surface area contributed by atoms with Crippen LogP contribution in [-0.2, 0) is 11.2 Å². The molecule has 0 radical (unpaired) electrons. The molecule has 0 amide bonds. The van der Waals surface area contributed by atoms with E-state index in [0.29, 0.717) is 6.10 Å². The van der Waals surface area contributed by atoms with E-state index in [1.807, 2.05) is 6.07 Å². The van der Waals surface area contributed by atoms with E-state index < -0.39 is 0 Å². The molecule has 0 aromatic carbocycles. The predicted molar refractivity (Wildman–Crippen MR) is 53.0 cm³/mol. The Morgan fingerprint density at radius 3 is 3.00 bits per heavy atom. The topological polar surface area (TPSA) is 47.0 Å². The van der Waals surface area contributed by atoms with Crippen LogP contribution >= 0.6 is 0 Å². The van der Waals surface area contributed by atoms with E-state index in [1.54, 1.807) is 12.4 Å². The van der Waals surface area contributed by atoms with Crippen molar-refractivity contribution in [3.8, 4) is 0 Å². The Labute approximate surface area is 83.7 Å². The molecule has 76 valence electrons. The normalized spacial score (nSPS) is 22.1. The summed E-state index contributed by atoms with van der Waals surface area (Å²) in [5.74, 6) is 0.904. The highest BCUT2D eigenvalue weighted by molar-refractivity contribution is 4.89. The van der Waals surface area contributed by atoms with E-state index in [0.717, 1.165) is 38.4 Å². The van der Waals surface area contributed by atoms with Gasteiger partial charge >= 0.3 is 0 Å². The number of aryl methyl sites for hydroxylation is 1. The summed E-state index contributed by atoms with van der Waals surface area (Å²) in [4.78, 5) is 8.35. The van der Waals surface area contributed by atoms with Crippen molar-refractivity contribution >= 4 is 0 Å². The van der Waals surface area contributed by atoms with Crippen LogP contribution in [0.2, 0.25) is 0 Å². The number of morpholine rings is 1. The molecule has 2 rings (SSSR count). The number of hydrogen-bond donors (Lipinski definition) is 1. The maximum absolute atomic E-state index is 5.58. The summed E-state index contributed by atoms with van der Waals surface area (Å²) in [6.45, 7) is 2.74. The molecule has 1 N–H and O–H groups in total. The van der Waals surface area contributed by atoms with Crippen molar-refractivity contribution in [2.45, 2.75) is 18.9 Å². The van der Waals surface area contributed by atoms with Crippen molar-refractivity contribution < 1.29 is 4.74 Å². The fourth-order valence-corrected chi connectivity index (χ4v) is 1.55. The highest BCUT2D eigenvalue weighted by Gasteiger charge is 2.13. The van der Waals surface area contributed by atoms with Gasteiger partial charge in [-0.3, -0.25) is 0 Å². The highest BCUT2D eigenvalue weighted by Crippen LogP contribution is 2.04. The van der Waals surface area contributed by atoms with Gasteiger partial charge in [0.2, 0.25) is 0 Å². The van der Waals surface area contributed by atoms with E-state index in [-0.39, 0.29) is 0 Å². The average molecular weight is 193 g/mol. The maximum Gasteiger partial charge on any atom is 0.128 e. The molecule has 0 bridgehead atoms. The summed E-state index contributed by atoms with van der Waals surface area (Å²) < 4.78 is 5.58. The second kappa shape index (κ2) is 5.02. The third-order valence-electron chi connectivity index (χ3n) is 2.31. The third kappa shape index (κ3) is 2.75. The van der Waals surface area contributed by atoms with E-state index in [4.69, 9.17) is 4.74 Å². The van der Waals surface area contributed by atoms with E-state index in [1.165, 1.54) is 0 Å². The first-order chi connectivity index (χ1) is 6.95. The minimum Gasteiger partial charge on any atom is -0.376 e. The quantitative estimate of drug-likeness (QED) is 0.754. The molecule has 1 fully saturated rings. The van der Waals surface area contributed by atoms with Gasteiger partial charge in [-0.1, -0.05) is 0 Å². The van der Waals surface area contributed by atoms with Crippen molar-refractivity contribution in [1.29, 1.82) is 0 Å². The third-order valence-corrected chi connectivity index (χ3v) is 2.31. The summed E-state index contributed by atoms with van der Waals surface area (Å²) in [5.41, 5.74) is 0. The van der Waals surface area contributed by atoms with Gasteiger partial charge in [-0.05, 0) is 12.5 Å². The molecule has 1 aromatic rings. The van der Waals surface area contributed by atoms with Crippen molar-refractivity contribution in [2.24, 2.45) is 0 Å². The first-order valence-electron chi connectivity index (χ1n) is 5.03. The first kappa shape index (κ1) is 9.55. The zero-order chi connectivity index (χ0) is 9.64. The number of nitrogens with zero attached hydrogens (tertiary/aromatic N) is 2. The number of ether oxygens (including phenoxy) is 1. The highest BCUT2D eigenvalue weighted by atomic mass is 16.5. The first-order valence-corrected chi connectivity index (χ1v) is 5.03. The smallest absolute Gasteiger partial charge is 0.128 e. The molecule has 4 heteroatoms. The molecule has 4 nitrogen and oxygen atoms in total. The molecule has 1 unspecified atom stereocenters. The van der Waals surface area contributed by atoms with Gasteiger partial charge in [-0.2, -0.15) is 0 Å². The molecular weight excluding hydrogens is 178 g/mol. The van der Waals surface area contributed by atoms with Crippen molar-refractivity contribution in [2.75, 3.05) is 19.7 Å². The molecule has 1 aliphatic rings. The molecule has 14 heavy (non-hydrogen) atoms. The minimum absolute atomic E-state index is 0.326. The zero-order valence-electron chi connectivity index (χ0n) is 8.15. The van der Waals surface area contributed by atoms with Crippen LogP contribution < -0.4 is 5.32 Å². The number of hydrogen-bond acceptors (Lipinski definition) is 4. The van der Waals surface area contributed by atoms with Gasteiger partial charge in [0, 0.05) is 31.9 Å². The van der Waals surface area contributed by atoms with Gasteiger partial charge in [0.25, 0.3) is 0 Å². The SMILES string of the molecule is c1cnc(CCC2CNCCO2)nc1. The van der Waals surface area contributed by atoms with E-state index >= 15 is 0 Å². The Kier molecular flexibility index (Phi) is 3.43. The zero-order valence-corrected chi connectivity index (χ0v) is 8.15. The number of aromatic nitrogens is 2. The molecule has 2 heterocycles. The second-order valence-corrected chi connectivity index (χ2v) is 3.40. The Morgan fingerprint density at radius 2 is 2.29 bits per heavy atom. The molecule has 0 saturated carbocycles. The van der Waals surface area contributed by atoms with Crippen molar-refractivity contribution in [1.82, 2.24) is 15.3 Å². The number of rotatable bonds is 3. The minimum atomic E-state index is 0.326. The van der Waals surface area contributed by atoms with Crippen molar-refractivity contribution in [3.05, 3.63) is 24.3 Å². The van der Waals surface area contributed by atoms with Gasteiger partial charge in [-0.15, -0.1) is 0 Å². The Morgan fingerprint density at radius 1 is 1.43 bits per heavy atom. The fraction of sp³-hybridized carbons (Fsp3) is 0.600. The lowest BCUT2D eigenvalue weighted by molar-refractivity contribution is 0.0235. The van der Waals surface area contributed by atoms with Crippen LogP contribution in [0.3, 0.4) is 0 Å². The van der Waals surface area contributed by atoms with Crippen LogP contribution in [0.4, 0.5) is 0 Å². The van der Waals surface area contributed by atoms with E-state index in [2.05, 4.69) is 15.3 Å². The van der Waals surface area contributed by atoms with Crippen LogP contribution in [-0.4, -0.2) is 35.8 Å². The van der Waals surface area contributed by atoms with Gasteiger partial charge in [0.1, 0.15) is 5.82 Å². The molecular formula is C10H15N3O. The monoisotopic (exact) mass is 193 g/mol. The summed E-state index contributed by atoms with van der Waals surface area (Å²) in [5, 5.41) is 3.31. The fourth-order valence-electron chi connectivity index (χ4n) is 1.55. The molecule has 0 spiro atoms. The van der Waals surface area contributed by atoms with Gasteiger partial charge < -0.3 is 10.1 Å². The van der Waals surface area contributed by atoms with Crippen LogP contribution in [0.5, 0.6) is 0 Å². The molecule has 1 atom stereocenters. The van der Waals surface area contributed by atoms with Crippen LogP contribution in [0.15, 0.2) is 18.5 Å². The molecule has 0 aliphatic carbocycles. The largest absolute Gasteiger partial charge is 0.376 e. The summed E-state index contributed by atoms with van der Waals surface area (Å²) in [6, 6.07) is 1.84. The summed E-state index contributed by atoms with van der Waals surface area (Å²) in [7, 11) is 0. The molecule has 1 aliphatic heterocycles. The van der Waals surface area contributed by atoms with Crippen LogP contribution in [0.25, 0.3) is 0 Å². The standard InChI is InChI=1S/C10H15N3O/c1-4-12-10(13-5-1)3-2-9-8-11-6-7-14-9/h1,4-5,9,11H,2-3,6-8H2.